The number of nitrogens with one attached hydrogen (secondary N) is 1. The van der Waals surface area contributed by atoms with Crippen LogP contribution in [-0.2, 0) is 11.3 Å². The van der Waals surface area contributed by atoms with E-state index in [-0.39, 0.29) is 12.5 Å². The molecule has 17 heavy (non-hydrogen) atoms. The Kier molecular flexibility index (Phi) is 4.06. The number of fused-ring (bicyclic) bond motifs is 1. The van der Waals surface area contributed by atoms with Crippen molar-refractivity contribution in [1.29, 1.82) is 0 Å². The van der Waals surface area contributed by atoms with E-state index in [2.05, 4.69) is 5.32 Å². The summed E-state index contributed by atoms with van der Waals surface area (Å²) in [6.45, 7) is 4.90. The van der Waals surface area contributed by atoms with Crippen LogP contribution >= 0.6 is 0 Å². The van der Waals surface area contributed by atoms with Crippen LogP contribution in [0.5, 0.6) is 17.2 Å². The lowest BCUT2D eigenvalue weighted by molar-refractivity contribution is 0.149. The van der Waals surface area contributed by atoms with Crippen molar-refractivity contribution >= 4 is 0 Å². The Hall–Kier alpha value is -1.46. The Labute approximate surface area is 100 Å². The van der Waals surface area contributed by atoms with Crippen LogP contribution in [0.3, 0.4) is 0 Å². The van der Waals surface area contributed by atoms with Gasteiger partial charge in [0.25, 0.3) is 0 Å². The molecule has 0 atom stereocenters. The summed E-state index contributed by atoms with van der Waals surface area (Å²) in [5, 5.41) is 13.0. The molecule has 1 aliphatic rings. The molecule has 1 aromatic carbocycles. The Bertz CT molecular complexity index is 381. The van der Waals surface area contributed by atoms with E-state index < -0.39 is 0 Å². The molecule has 5 nitrogen and oxygen atoms in total. The standard InChI is InChI=1S/C12H17NO4/c1-2-15-4-3-13-7-9-5-11-12(6-10(9)14)17-8-16-11/h5-6,13-14H,2-4,7-8H2,1H3. The Morgan fingerprint density at radius 3 is 2.88 bits per heavy atom. The van der Waals surface area contributed by atoms with E-state index in [1.807, 2.05) is 6.92 Å². The smallest absolute Gasteiger partial charge is 0.231 e. The van der Waals surface area contributed by atoms with Crippen LogP contribution in [0.15, 0.2) is 12.1 Å². The van der Waals surface area contributed by atoms with Crippen LogP contribution < -0.4 is 14.8 Å². The Morgan fingerprint density at radius 2 is 2.12 bits per heavy atom. The van der Waals surface area contributed by atoms with Gasteiger partial charge < -0.3 is 24.6 Å². The number of aromatic hydroxyl groups is 1. The van der Waals surface area contributed by atoms with E-state index in [4.69, 9.17) is 14.2 Å². The molecule has 1 aliphatic heterocycles. The highest BCUT2D eigenvalue weighted by atomic mass is 16.7. The zero-order chi connectivity index (χ0) is 12.1. The van der Waals surface area contributed by atoms with Gasteiger partial charge in [-0.2, -0.15) is 0 Å². The van der Waals surface area contributed by atoms with Gasteiger partial charge in [0.05, 0.1) is 6.61 Å². The number of benzene rings is 1. The monoisotopic (exact) mass is 239 g/mol. The number of hydrogen-bond acceptors (Lipinski definition) is 5. The van der Waals surface area contributed by atoms with Gasteiger partial charge in [0, 0.05) is 31.3 Å². The lowest BCUT2D eigenvalue weighted by atomic mass is 10.1. The summed E-state index contributed by atoms with van der Waals surface area (Å²) in [7, 11) is 0. The first-order chi connectivity index (χ1) is 8.31. The highest BCUT2D eigenvalue weighted by Gasteiger charge is 2.16. The Morgan fingerprint density at radius 1 is 1.35 bits per heavy atom. The summed E-state index contributed by atoms with van der Waals surface area (Å²) in [5.41, 5.74) is 0.797. The lowest BCUT2D eigenvalue weighted by Crippen LogP contribution is -2.19. The lowest BCUT2D eigenvalue weighted by Gasteiger charge is -2.08. The van der Waals surface area contributed by atoms with Gasteiger partial charge in [-0.25, -0.2) is 0 Å². The quantitative estimate of drug-likeness (QED) is 0.731. The highest BCUT2D eigenvalue weighted by molar-refractivity contribution is 5.51. The predicted octanol–water partition coefficient (Wildman–Crippen LogP) is 1.25. The van der Waals surface area contributed by atoms with Crippen molar-refractivity contribution in [3.63, 3.8) is 0 Å². The SMILES string of the molecule is CCOCCNCc1cc2c(cc1O)OCO2. The molecule has 0 unspecified atom stereocenters. The molecule has 0 spiro atoms. The van der Waals surface area contributed by atoms with E-state index in [1.54, 1.807) is 12.1 Å². The maximum Gasteiger partial charge on any atom is 0.231 e. The second-order valence-electron chi connectivity index (χ2n) is 3.71. The average molecular weight is 239 g/mol. The van der Waals surface area contributed by atoms with Gasteiger partial charge in [-0.1, -0.05) is 0 Å². The minimum atomic E-state index is 0.218. The number of hydrogen-bond donors (Lipinski definition) is 2. The molecular formula is C12H17NO4. The van der Waals surface area contributed by atoms with E-state index >= 15 is 0 Å². The third-order valence-electron chi connectivity index (χ3n) is 2.52. The van der Waals surface area contributed by atoms with Crippen molar-refractivity contribution in [2.75, 3.05) is 26.6 Å². The summed E-state index contributed by atoms with van der Waals surface area (Å²) in [4.78, 5) is 0. The molecule has 5 heteroatoms. The minimum absolute atomic E-state index is 0.218. The number of phenols is 1. The molecule has 0 amide bonds. The summed E-state index contributed by atoms with van der Waals surface area (Å²) in [6.07, 6.45) is 0. The number of phenolic OH excluding ortho intramolecular Hbond substituents is 1. The average Bonchev–Trinajstić information content (AvgIpc) is 2.76. The fourth-order valence-corrected chi connectivity index (χ4v) is 1.63. The molecular weight excluding hydrogens is 222 g/mol. The van der Waals surface area contributed by atoms with E-state index in [1.165, 1.54) is 0 Å². The fourth-order valence-electron chi connectivity index (χ4n) is 1.63. The number of rotatable bonds is 6. The van der Waals surface area contributed by atoms with Crippen LogP contribution in [0.4, 0.5) is 0 Å². The first kappa shape index (κ1) is 12.0. The van der Waals surface area contributed by atoms with E-state index in [0.29, 0.717) is 24.7 Å². The van der Waals surface area contributed by atoms with Crippen molar-refractivity contribution in [2.45, 2.75) is 13.5 Å². The molecule has 1 aromatic rings. The molecule has 0 aliphatic carbocycles. The van der Waals surface area contributed by atoms with Crippen LogP contribution in [0.1, 0.15) is 12.5 Å². The van der Waals surface area contributed by atoms with Crippen LogP contribution in [-0.4, -0.2) is 31.7 Å². The maximum absolute atomic E-state index is 9.77. The zero-order valence-corrected chi connectivity index (χ0v) is 9.86. The summed E-state index contributed by atoms with van der Waals surface area (Å²) in [5.74, 6) is 1.50. The van der Waals surface area contributed by atoms with Crippen LogP contribution in [0.25, 0.3) is 0 Å². The normalized spacial score (nSPS) is 13.0. The van der Waals surface area contributed by atoms with E-state index in [9.17, 15) is 5.11 Å². The first-order valence-corrected chi connectivity index (χ1v) is 5.71. The van der Waals surface area contributed by atoms with Gasteiger partial charge in [0.2, 0.25) is 6.79 Å². The molecule has 1 heterocycles. The first-order valence-electron chi connectivity index (χ1n) is 5.71. The van der Waals surface area contributed by atoms with Gasteiger partial charge in [-0.3, -0.25) is 0 Å². The minimum Gasteiger partial charge on any atom is -0.507 e. The van der Waals surface area contributed by atoms with Crippen molar-refractivity contribution < 1.29 is 19.3 Å². The second kappa shape index (κ2) is 5.75. The van der Waals surface area contributed by atoms with Crippen molar-refractivity contribution in [3.05, 3.63) is 17.7 Å². The van der Waals surface area contributed by atoms with Gasteiger partial charge in [0.15, 0.2) is 11.5 Å². The van der Waals surface area contributed by atoms with Gasteiger partial charge in [-0.15, -0.1) is 0 Å². The summed E-state index contributed by atoms with van der Waals surface area (Å²) >= 11 is 0. The molecule has 0 saturated carbocycles. The summed E-state index contributed by atoms with van der Waals surface area (Å²) in [6, 6.07) is 3.38. The molecule has 0 bridgehead atoms. The molecule has 2 rings (SSSR count). The molecule has 0 fully saturated rings. The number of ether oxygens (including phenoxy) is 3. The predicted molar refractivity (Wildman–Crippen MR) is 62.4 cm³/mol. The van der Waals surface area contributed by atoms with Crippen molar-refractivity contribution in [3.8, 4) is 17.2 Å². The van der Waals surface area contributed by atoms with Crippen molar-refractivity contribution in [1.82, 2.24) is 5.32 Å². The molecule has 94 valence electrons. The fraction of sp³-hybridized carbons (Fsp3) is 0.500. The topological polar surface area (TPSA) is 60.0 Å². The molecule has 0 saturated heterocycles. The summed E-state index contributed by atoms with van der Waals surface area (Å²) < 4.78 is 15.6. The third kappa shape index (κ3) is 3.01. The molecule has 0 aromatic heterocycles. The second-order valence-corrected chi connectivity index (χ2v) is 3.71. The van der Waals surface area contributed by atoms with Gasteiger partial charge in [0.1, 0.15) is 5.75 Å². The highest BCUT2D eigenvalue weighted by Crippen LogP contribution is 2.37. The largest absolute Gasteiger partial charge is 0.507 e. The molecule has 2 N–H and O–H groups in total. The maximum atomic E-state index is 9.77. The van der Waals surface area contributed by atoms with Crippen LogP contribution in [0.2, 0.25) is 0 Å². The molecule has 0 radical (unpaired) electrons. The third-order valence-corrected chi connectivity index (χ3v) is 2.52. The Balaban J connectivity index is 1.88. The van der Waals surface area contributed by atoms with Gasteiger partial charge in [-0.05, 0) is 13.0 Å². The zero-order valence-electron chi connectivity index (χ0n) is 9.86. The van der Waals surface area contributed by atoms with Gasteiger partial charge >= 0.3 is 0 Å². The van der Waals surface area contributed by atoms with Crippen molar-refractivity contribution in [2.24, 2.45) is 0 Å². The van der Waals surface area contributed by atoms with Crippen LogP contribution in [0, 0.1) is 0 Å². The van der Waals surface area contributed by atoms with E-state index in [0.717, 1.165) is 18.7 Å².